The van der Waals surface area contributed by atoms with Gasteiger partial charge in [-0.1, -0.05) is 73.7 Å². The molecule has 224 valence electrons. The molecule has 11 heteroatoms. The van der Waals surface area contributed by atoms with Crippen molar-refractivity contribution >= 4 is 50.7 Å². The second-order valence-corrected chi connectivity index (χ2v) is 13.0. The molecule has 1 aliphatic rings. The molecule has 3 aromatic carbocycles. The fourth-order valence-electron chi connectivity index (χ4n) is 5.16. The Morgan fingerprint density at radius 3 is 2.24 bits per heavy atom. The van der Waals surface area contributed by atoms with Crippen molar-refractivity contribution in [3.8, 4) is 0 Å². The molecule has 42 heavy (non-hydrogen) atoms. The van der Waals surface area contributed by atoms with E-state index in [1.807, 2.05) is 6.92 Å². The minimum Gasteiger partial charge on any atom is -0.352 e. The highest BCUT2D eigenvalue weighted by atomic mass is 35.5. The van der Waals surface area contributed by atoms with E-state index in [0.29, 0.717) is 22.0 Å². The Hall–Kier alpha value is -3.14. The molecular formula is C31H34Cl2FN3O4S. The molecule has 0 heterocycles. The highest BCUT2D eigenvalue weighted by Crippen LogP contribution is 2.27. The fourth-order valence-corrected chi connectivity index (χ4v) is 6.89. The lowest BCUT2D eigenvalue weighted by molar-refractivity contribution is -0.140. The van der Waals surface area contributed by atoms with Crippen LogP contribution in [0.2, 0.25) is 10.0 Å². The van der Waals surface area contributed by atoms with Crippen LogP contribution in [-0.2, 0) is 26.2 Å². The first kappa shape index (κ1) is 31.8. The number of carbonyl (C=O) groups excluding carboxylic acids is 2. The van der Waals surface area contributed by atoms with Crippen molar-refractivity contribution in [3.63, 3.8) is 0 Å². The van der Waals surface area contributed by atoms with Gasteiger partial charge >= 0.3 is 0 Å². The molecule has 1 aliphatic carbocycles. The molecule has 1 N–H and O–H groups in total. The lowest BCUT2D eigenvalue weighted by atomic mass is 9.95. The van der Waals surface area contributed by atoms with Crippen LogP contribution in [0.4, 0.5) is 10.1 Å². The lowest BCUT2D eigenvalue weighted by Crippen LogP contribution is -2.54. The Balaban J connectivity index is 1.70. The van der Waals surface area contributed by atoms with E-state index >= 15 is 0 Å². The van der Waals surface area contributed by atoms with Crippen LogP contribution in [0.3, 0.4) is 0 Å². The summed E-state index contributed by atoms with van der Waals surface area (Å²) < 4.78 is 42.2. The Morgan fingerprint density at radius 2 is 1.62 bits per heavy atom. The van der Waals surface area contributed by atoms with Gasteiger partial charge in [-0.3, -0.25) is 13.9 Å². The summed E-state index contributed by atoms with van der Waals surface area (Å²) in [7, 11) is -4.28. The van der Waals surface area contributed by atoms with Crippen LogP contribution >= 0.6 is 23.2 Å². The third-order valence-electron chi connectivity index (χ3n) is 7.40. The number of amides is 2. The van der Waals surface area contributed by atoms with Crippen LogP contribution in [-0.4, -0.2) is 43.8 Å². The normalized spacial score (nSPS) is 14.7. The number of hydrogen-bond acceptors (Lipinski definition) is 4. The number of anilines is 1. The quantitative estimate of drug-likeness (QED) is 0.258. The van der Waals surface area contributed by atoms with E-state index < -0.39 is 34.3 Å². The molecule has 1 fully saturated rings. The maximum Gasteiger partial charge on any atom is 0.264 e. The Morgan fingerprint density at radius 1 is 0.952 bits per heavy atom. The molecule has 1 atom stereocenters. The van der Waals surface area contributed by atoms with Crippen molar-refractivity contribution in [1.29, 1.82) is 0 Å². The van der Waals surface area contributed by atoms with Crippen LogP contribution in [0.15, 0.2) is 77.7 Å². The number of para-hydroxylation sites is 1. The highest BCUT2D eigenvalue weighted by Gasteiger charge is 2.34. The summed E-state index contributed by atoms with van der Waals surface area (Å²) in [6, 6.07) is 16.7. The van der Waals surface area contributed by atoms with Gasteiger partial charge in [-0.2, -0.15) is 0 Å². The van der Waals surface area contributed by atoms with Gasteiger partial charge in [0.15, 0.2) is 0 Å². The fraction of sp³-hybridized carbons (Fsp3) is 0.355. The van der Waals surface area contributed by atoms with Gasteiger partial charge in [-0.05, 0) is 73.4 Å². The van der Waals surface area contributed by atoms with Crippen molar-refractivity contribution in [3.05, 3.63) is 94.2 Å². The molecule has 4 rings (SSSR count). The predicted octanol–water partition coefficient (Wildman–Crippen LogP) is 6.58. The first-order chi connectivity index (χ1) is 20.1. The number of nitrogens with one attached hydrogen (secondary N) is 1. The zero-order valence-electron chi connectivity index (χ0n) is 23.3. The van der Waals surface area contributed by atoms with Crippen LogP contribution in [0.5, 0.6) is 0 Å². The van der Waals surface area contributed by atoms with Gasteiger partial charge in [0.2, 0.25) is 11.8 Å². The zero-order chi connectivity index (χ0) is 30.3. The standard InChI is InChI=1S/C31H34Cl2FN3O4S/c1-2-29(31(39)35-24-9-5-3-6-10-24)36(20-22-13-18-27(32)28(33)19-22)30(38)21-37(25-11-7-4-8-12-25)42(40,41)26-16-14-23(34)15-17-26/h4,7-8,11-19,24,29H,2-3,5-6,9-10,20-21H2,1H3,(H,35,39). The van der Waals surface area contributed by atoms with E-state index in [1.54, 1.807) is 48.5 Å². The number of halogens is 3. The van der Waals surface area contributed by atoms with Crippen molar-refractivity contribution in [2.45, 2.75) is 69.0 Å². The molecule has 0 aromatic heterocycles. The molecule has 1 unspecified atom stereocenters. The second kappa shape index (κ2) is 14.4. The minimum atomic E-state index is -4.28. The molecular weight excluding hydrogens is 600 g/mol. The van der Waals surface area contributed by atoms with Crippen molar-refractivity contribution < 1.29 is 22.4 Å². The molecule has 0 radical (unpaired) electrons. The molecule has 3 aromatic rings. The van der Waals surface area contributed by atoms with Gasteiger partial charge in [-0.15, -0.1) is 0 Å². The molecule has 0 spiro atoms. The van der Waals surface area contributed by atoms with E-state index in [9.17, 15) is 22.4 Å². The smallest absolute Gasteiger partial charge is 0.264 e. The third kappa shape index (κ3) is 7.82. The molecule has 2 amide bonds. The van der Waals surface area contributed by atoms with Crippen LogP contribution in [0.1, 0.15) is 51.0 Å². The van der Waals surface area contributed by atoms with E-state index in [4.69, 9.17) is 23.2 Å². The SMILES string of the molecule is CCC(C(=O)NC1CCCCC1)N(Cc1ccc(Cl)c(Cl)c1)C(=O)CN(c1ccccc1)S(=O)(=O)c1ccc(F)cc1. The number of hydrogen-bond donors (Lipinski definition) is 1. The molecule has 0 bridgehead atoms. The second-order valence-electron chi connectivity index (χ2n) is 10.3. The van der Waals surface area contributed by atoms with E-state index in [1.165, 1.54) is 4.90 Å². The van der Waals surface area contributed by atoms with Crippen molar-refractivity contribution in [2.75, 3.05) is 10.8 Å². The van der Waals surface area contributed by atoms with Gasteiger partial charge < -0.3 is 10.2 Å². The average Bonchev–Trinajstić information content (AvgIpc) is 2.98. The van der Waals surface area contributed by atoms with E-state index in [-0.39, 0.29) is 29.1 Å². The molecule has 7 nitrogen and oxygen atoms in total. The monoisotopic (exact) mass is 633 g/mol. The van der Waals surface area contributed by atoms with Crippen molar-refractivity contribution in [2.24, 2.45) is 0 Å². The van der Waals surface area contributed by atoms with Gasteiger partial charge in [0.1, 0.15) is 18.4 Å². The summed E-state index contributed by atoms with van der Waals surface area (Å²) in [6.07, 6.45) is 5.24. The summed E-state index contributed by atoms with van der Waals surface area (Å²) in [5.41, 5.74) is 0.888. The van der Waals surface area contributed by atoms with E-state index in [0.717, 1.165) is 60.7 Å². The zero-order valence-corrected chi connectivity index (χ0v) is 25.6. The largest absolute Gasteiger partial charge is 0.352 e. The topological polar surface area (TPSA) is 86.8 Å². The van der Waals surface area contributed by atoms with Crippen molar-refractivity contribution in [1.82, 2.24) is 10.2 Å². The van der Waals surface area contributed by atoms with Crippen LogP contribution < -0.4 is 9.62 Å². The number of nitrogens with zero attached hydrogens (tertiary/aromatic N) is 2. The first-order valence-electron chi connectivity index (χ1n) is 14.0. The summed E-state index contributed by atoms with van der Waals surface area (Å²) in [4.78, 5) is 28.9. The predicted molar refractivity (Wildman–Crippen MR) is 163 cm³/mol. The van der Waals surface area contributed by atoms with Gasteiger partial charge in [0, 0.05) is 12.6 Å². The van der Waals surface area contributed by atoms with Gasteiger partial charge in [0.25, 0.3) is 10.0 Å². The summed E-state index contributed by atoms with van der Waals surface area (Å²) in [5.74, 6) is -1.45. The summed E-state index contributed by atoms with van der Waals surface area (Å²) in [5, 5.41) is 3.76. The highest BCUT2D eigenvalue weighted by molar-refractivity contribution is 7.92. The number of carbonyl (C=O) groups is 2. The van der Waals surface area contributed by atoms with Crippen LogP contribution in [0.25, 0.3) is 0 Å². The molecule has 0 aliphatic heterocycles. The van der Waals surface area contributed by atoms with Gasteiger partial charge in [0.05, 0.1) is 20.6 Å². The van der Waals surface area contributed by atoms with E-state index in [2.05, 4.69) is 5.32 Å². The Labute approximate surface area is 256 Å². The number of benzene rings is 3. The average molecular weight is 635 g/mol. The number of rotatable bonds is 11. The molecule has 1 saturated carbocycles. The first-order valence-corrected chi connectivity index (χ1v) is 16.2. The maximum atomic E-state index is 14.1. The number of sulfonamides is 1. The molecule has 0 saturated heterocycles. The minimum absolute atomic E-state index is 0.00550. The Kier molecular flexibility index (Phi) is 10.9. The Bertz CT molecular complexity index is 1480. The lowest BCUT2D eigenvalue weighted by Gasteiger charge is -2.34. The summed E-state index contributed by atoms with van der Waals surface area (Å²) in [6.45, 7) is 1.23. The maximum absolute atomic E-state index is 14.1. The van der Waals surface area contributed by atoms with Crippen LogP contribution in [0, 0.1) is 5.82 Å². The summed E-state index contributed by atoms with van der Waals surface area (Å²) >= 11 is 12.4. The third-order valence-corrected chi connectivity index (χ3v) is 9.93. The van der Waals surface area contributed by atoms with Gasteiger partial charge in [-0.25, -0.2) is 12.8 Å².